The van der Waals surface area contributed by atoms with Gasteiger partial charge in [-0.1, -0.05) is 52.3 Å². The molecule has 1 amide bonds. The van der Waals surface area contributed by atoms with E-state index in [1.807, 2.05) is 0 Å². The van der Waals surface area contributed by atoms with Crippen molar-refractivity contribution in [3.8, 4) is 5.75 Å². The molecular weight excluding hydrogens is 992 g/mol. The van der Waals surface area contributed by atoms with E-state index in [1.54, 1.807) is 20.8 Å². The number of carbonyl (C=O) groups excluding carboxylic acids is 2. The van der Waals surface area contributed by atoms with E-state index in [0.717, 1.165) is 12.1 Å². The Balaban J connectivity index is 2.36. The van der Waals surface area contributed by atoms with Crippen LogP contribution in [0.5, 0.6) is 5.75 Å². The van der Waals surface area contributed by atoms with Gasteiger partial charge in [0.15, 0.2) is 8.32 Å². The van der Waals surface area contributed by atoms with Crippen LogP contribution in [0.2, 0.25) is 17.1 Å². The maximum Gasteiger partial charge on any atom is 0.460 e. The predicted octanol–water partition coefficient (Wildman–Crippen LogP) is 14.4. The van der Waals surface area contributed by atoms with Crippen LogP contribution in [-0.4, -0.2) is 87.8 Å². The lowest BCUT2D eigenvalue weighted by Gasteiger charge is -2.44. The topological polar surface area (TPSA) is 83.1 Å². The molecule has 0 fully saturated rings. The quantitative estimate of drug-likeness (QED) is 0.0393. The van der Waals surface area contributed by atoms with E-state index in [0.29, 0.717) is 11.6 Å². The molecule has 0 aliphatic heterocycles. The largest absolute Gasteiger partial charge is 0.491 e. The summed E-state index contributed by atoms with van der Waals surface area (Å²) in [7, 11) is -4.07. The Bertz CT molecular complexity index is 2070. The van der Waals surface area contributed by atoms with Crippen LogP contribution in [0.1, 0.15) is 73.5 Å². The molecule has 0 radical (unpaired) electrons. The van der Waals surface area contributed by atoms with Crippen LogP contribution >= 0.6 is 0 Å². The van der Waals surface area contributed by atoms with Crippen LogP contribution in [0.4, 0.5) is 93.9 Å². The number of hydrogen-bond acceptors (Lipinski definition) is 6. The minimum Gasteiger partial charge on any atom is -0.491 e. The minimum absolute atomic E-state index is 0.0302. The molecule has 0 aromatic heterocycles. The molecule has 0 aliphatic carbocycles. The van der Waals surface area contributed by atoms with Crippen LogP contribution < -0.4 is 10.1 Å². The van der Waals surface area contributed by atoms with Crippen molar-refractivity contribution >= 4 is 26.1 Å². The maximum atomic E-state index is 15.0. The van der Waals surface area contributed by atoms with E-state index in [1.165, 1.54) is 58.9 Å². The number of benzene rings is 2. The molecular formula is C41H46F19NO6Si. The van der Waals surface area contributed by atoms with E-state index in [9.17, 15) is 84.2 Å². The lowest BCUT2D eigenvalue weighted by atomic mass is 9.88. The summed E-state index contributed by atoms with van der Waals surface area (Å²) in [4.78, 5) is 25.4. The number of esters is 1. The second kappa shape index (κ2) is 21.3. The lowest BCUT2D eigenvalue weighted by Crippen LogP contribution is -2.74. The van der Waals surface area contributed by atoms with E-state index < -0.39 is 134 Å². The summed E-state index contributed by atoms with van der Waals surface area (Å²) in [6.07, 6.45) is -12.9. The number of rotatable bonds is 23. The van der Waals surface area contributed by atoms with Crippen molar-refractivity contribution < 1.29 is 112 Å². The van der Waals surface area contributed by atoms with Gasteiger partial charge < -0.3 is 18.6 Å². The average molecular weight is 1040 g/mol. The number of nitrogens with one attached hydrogen (secondary N) is 1. The summed E-state index contributed by atoms with van der Waals surface area (Å²) in [5, 5.41) is 2.14. The van der Waals surface area contributed by atoms with Gasteiger partial charge in [-0.2, -0.15) is 74.6 Å². The van der Waals surface area contributed by atoms with Gasteiger partial charge >= 0.3 is 59.7 Å². The minimum atomic E-state index is -8.72. The average Bonchev–Trinajstić information content (AvgIpc) is 3.22. The summed E-state index contributed by atoms with van der Waals surface area (Å²) in [6, 6.07) is 6.28. The number of anilines is 1. The molecule has 27 heteroatoms. The molecule has 1 N–H and O–H groups in total. The molecule has 0 aliphatic rings. The number of halogens is 19. The van der Waals surface area contributed by atoms with Gasteiger partial charge in [0.25, 0.3) is 0 Å². The fraction of sp³-hybridized carbons (Fsp3) is 0.610. The molecule has 0 bridgehead atoms. The van der Waals surface area contributed by atoms with Crippen molar-refractivity contribution in [1.82, 2.24) is 0 Å². The van der Waals surface area contributed by atoms with Gasteiger partial charge in [-0.15, -0.1) is 0 Å². The van der Waals surface area contributed by atoms with Gasteiger partial charge in [-0.05, 0) is 67.7 Å². The second-order valence-corrected chi connectivity index (χ2v) is 21.1. The Morgan fingerprint density at radius 2 is 1.15 bits per heavy atom. The Labute approximate surface area is 377 Å². The third-order valence-corrected chi connectivity index (χ3v) is 16.9. The smallest absolute Gasteiger partial charge is 0.460 e. The summed E-state index contributed by atoms with van der Waals surface area (Å²) in [6.45, 7) is 10.2. The molecule has 0 saturated carbocycles. The summed E-state index contributed by atoms with van der Waals surface area (Å²) >= 11 is 0. The Morgan fingerprint density at radius 3 is 1.60 bits per heavy atom. The first-order valence-corrected chi connectivity index (χ1v) is 22.3. The summed E-state index contributed by atoms with van der Waals surface area (Å²) in [5.41, 5.74) is -1.51. The SMILES string of the molecule is CCOC(=O)/C(C)=C(\C)[C@H](C)[C@@H](OC(=O)Nc1ccc(F)cc1F)c1ccc(OCCO[Si](CCC(F)(F)C(F)(F)C(F)(F)C(F)(F)C(F)(F)C(F)(F)C(F)(F)C(F)(F)F)(C(C)C)C(C)C)cc1. The molecule has 2 rings (SSSR count). The van der Waals surface area contributed by atoms with Crippen LogP contribution in [0.3, 0.4) is 0 Å². The first-order chi connectivity index (χ1) is 30.7. The third kappa shape index (κ3) is 11.6. The highest BCUT2D eigenvalue weighted by Gasteiger charge is 2.95. The van der Waals surface area contributed by atoms with Crippen LogP contribution in [0, 0.1) is 17.6 Å². The standard InChI is InChI=1S/C41H46F19NO6Si/c1-9-64-32(62)25(8)23(6)24(7)31(67-33(63)61-30-15-12-27(42)20-29(30)43)26-10-13-28(14-11-26)65-17-18-66-68(21(2)3,22(4)5)19-16-34(44,45)35(46,47)36(48,49)37(50,51)38(52,53)39(54,55)40(56,57)41(58,59)60/h10-15,20-22,24,31H,9,16-19H2,1-8H3,(H,61,63)/b25-23+/t24-,31+/m0/s1. The zero-order chi connectivity index (χ0) is 53.0. The highest BCUT2D eigenvalue weighted by atomic mass is 28.4. The van der Waals surface area contributed by atoms with Crippen LogP contribution in [-0.2, 0) is 18.7 Å². The highest BCUT2D eigenvalue weighted by Crippen LogP contribution is 2.64. The van der Waals surface area contributed by atoms with Gasteiger partial charge in [0.05, 0.1) is 18.9 Å². The Kier molecular flexibility index (Phi) is 18.7. The number of amides is 1. The van der Waals surface area contributed by atoms with Gasteiger partial charge in [0.2, 0.25) is 0 Å². The molecule has 7 nitrogen and oxygen atoms in total. The predicted molar refractivity (Wildman–Crippen MR) is 207 cm³/mol. The normalized spacial score (nSPS) is 15.2. The number of carbonyl (C=O) groups is 2. The molecule has 0 heterocycles. The molecule has 68 heavy (non-hydrogen) atoms. The first kappa shape index (κ1) is 59.7. The molecule has 2 aromatic rings. The molecule has 388 valence electrons. The highest BCUT2D eigenvalue weighted by molar-refractivity contribution is 6.76. The summed E-state index contributed by atoms with van der Waals surface area (Å²) in [5.74, 6) is -60.5. The zero-order valence-electron chi connectivity index (χ0n) is 37.0. The zero-order valence-corrected chi connectivity index (χ0v) is 38.0. The summed E-state index contributed by atoms with van der Waals surface area (Å²) < 4.78 is 286. The Hall–Kier alpha value is -4.43. The third-order valence-electron chi connectivity index (χ3n) is 11.2. The monoisotopic (exact) mass is 1040 g/mol. The molecule has 0 saturated heterocycles. The van der Waals surface area contributed by atoms with Crippen molar-refractivity contribution in [3.63, 3.8) is 0 Å². The van der Waals surface area contributed by atoms with Crippen molar-refractivity contribution in [3.05, 3.63) is 70.8 Å². The van der Waals surface area contributed by atoms with Crippen molar-refractivity contribution in [2.45, 2.75) is 133 Å². The van der Waals surface area contributed by atoms with Crippen LogP contribution in [0.15, 0.2) is 53.6 Å². The number of alkyl halides is 17. The maximum absolute atomic E-state index is 15.0. The van der Waals surface area contributed by atoms with Crippen molar-refractivity contribution in [1.29, 1.82) is 0 Å². The Morgan fingerprint density at radius 1 is 0.662 bits per heavy atom. The van der Waals surface area contributed by atoms with Gasteiger partial charge in [0, 0.05) is 24.0 Å². The first-order valence-electron chi connectivity index (χ1n) is 20.0. The molecule has 0 unspecified atom stereocenters. The molecule has 0 spiro atoms. The van der Waals surface area contributed by atoms with Gasteiger partial charge in [0.1, 0.15) is 30.1 Å². The van der Waals surface area contributed by atoms with Gasteiger partial charge in [-0.3, -0.25) is 5.32 Å². The fourth-order valence-corrected chi connectivity index (χ4v) is 11.2. The van der Waals surface area contributed by atoms with E-state index >= 15 is 8.78 Å². The fourth-order valence-electron chi connectivity index (χ4n) is 6.77. The van der Waals surface area contributed by atoms with E-state index in [-0.39, 0.29) is 23.5 Å². The van der Waals surface area contributed by atoms with Crippen LogP contribution in [0.25, 0.3) is 0 Å². The molecule has 2 aromatic carbocycles. The lowest BCUT2D eigenvalue weighted by molar-refractivity contribution is -0.461. The van der Waals surface area contributed by atoms with Gasteiger partial charge in [-0.25, -0.2) is 18.4 Å². The van der Waals surface area contributed by atoms with E-state index in [4.69, 9.17) is 18.6 Å². The van der Waals surface area contributed by atoms with Crippen molar-refractivity contribution in [2.75, 3.05) is 25.1 Å². The number of ether oxygens (including phenoxy) is 3. The second-order valence-electron chi connectivity index (χ2n) is 16.1. The number of hydrogen-bond donors (Lipinski definition) is 1. The van der Waals surface area contributed by atoms with E-state index in [2.05, 4.69) is 5.32 Å². The van der Waals surface area contributed by atoms with Crippen molar-refractivity contribution in [2.24, 2.45) is 5.92 Å². The molecule has 2 atom stereocenters.